The van der Waals surface area contributed by atoms with Crippen molar-refractivity contribution in [3.05, 3.63) is 12.3 Å². The van der Waals surface area contributed by atoms with Crippen molar-refractivity contribution in [3.8, 4) is 12.3 Å². The Balaban J connectivity index is 3.61. The predicted molar refractivity (Wildman–Crippen MR) is 45.2 cm³/mol. The summed E-state index contributed by atoms with van der Waals surface area (Å²) in [5.74, 6) is 2.00. The molecule has 0 rings (SSSR count). The third kappa shape index (κ3) is 5.36. The smallest absolute Gasteiger partial charge is 0.333 e. The van der Waals surface area contributed by atoms with Crippen LogP contribution in [0.15, 0.2) is 12.3 Å². The molecule has 0 unspecified atom stereocenters. The Labute approximate surface area is 72.4 Å². The molecule has 0 bridgehead atoms. The molecule has 0 saturated heterocycles. The van der Waals surface area contributed by atoms with Gasteiger partial charge < -0.3 is 9.47 Å². The van der Waals surface area contributed by atoms with Crippen LogP contribution >= 0.6 is 0 Å². The monoisotopic (exact) mass is 168 g/mol. The van der Waals surface area contributed by atoms with E-state index >= 15 is 0 Å². The van der Waals surface area contributed by atoms with E-state index < -0.39 is 5.97 Å². The van der Waals surface area contributed by atoms with Crippen molar-refractivity contribution < 1.29 is 14.3 Å². The standard InChI is InChI=1S/C9H12O3/c1-4-5-8(2)12-7-6-9(10)11-3/h1,6-8H,5H2,2-3H3/b7-6+/t8-/m1/s1. The summed E-state index contributed by atoms with van der Waals surface area (Å²) in [6.45, 7) is 1.82. The Bertz CT molecular complexity index is 200. The summed E-state index contributed by atoms with van der Waals surface area (Å²) >= 11 is 0. The lowest BCUT2D eigenvalue weighted by Gasteiger charge is -2.05. The molecule has 0 aliphatic carbocycles. The van der Waals surface area contributed by atoms with E-state index in [1.165, 1.54) is 19.4 Å². The highest BCUT2D eigenvalue weighted by Gasteiger charge is 1.96. The molecule has 0 saturated carbocycles. The molecule has 0 heterocycles. The maximum absolute atomic E-state index is 10.5. The van der Waals surface area contributed by atoms with Crippen molar-refractivity contribution in [2.75, 3.05) is 7.11 Å². The summed E-state index contributed by atoms with van der Waals surface area (Å²) in [6, 6.07) is 0. The fraction of sp³-hybridized carbons (Fsp3) is 0.444. The first kappa shape index (κ1) is 10.6. The van der Waals surface area contributed by atoms with Crippen LogP contribution in [0.1, 0.15) is 13.3 Å². The molecule has 0 aromatic carbocycles. The van der Waals surface area contributed by atoms with Crippen LogP contribution in [0.2, 0.25) is 0 Å². The van der Waals surface area contributed by atoms with Crippen LogP contribution in [-0.4, -0.2) is 19.2 Å². The first-order valence-corrected chi connectivity index (χ1v) is 3.54. The van der Waals surface area contributed by atoms with Crippen LogP contribution in [0.5, 0.6) is 0 Å². The Hall–Kier alpha value is -1.43. The van der Waals surface area contributed by atoms with Gasteiger partial charge in [0.25, 0.3) is 0 Å². The maximum Gasteiger partial charge on any atom is 0.333 e. The first-order chi connectivity index (χ1) is 5.70. The van der Waals surface area contributed by atoms with Gasteiger partial charge in [0.1, 0.15) is 6.10 Å². The summed E-state index contributed by atoms with van der Waals surface area (Å²) in [4.78, 5) is 10.5. The number of carbonyl (C=O) groups is 1. The SMILES string of the molecule is C#CC[C@@H](C)O/C=C/C(=O)OC. The summed E-state index contributed by atoms with van der Waals surface area (Å²) in [6.07, 6.45) is 7.97. The number of methoxy groups -OCH3 is 1. The van der Waals surface area contributed by atoms with Crippen molar-refractivity contribution in [3.63, 3.8) is 0 Å². The number of terminal acetylenes is 1. The van der Waals surface area contributed by atoms with Gasteiger partial charge in [-0.15, -0.1) is 12.3 Å². The molecule has 3 heteroatoms. The summed E-state index contributed by atoms with van der Waals surface area (Å²) in [5.41, 5.74) is 0. The number of ether oxygens (including phenoxy) is 2. The van der Waals surface area contributed by atoms with Gasteiger partial charge in [-0.1, -0.05) is 0 Å². The molecule has 0 N–H and O–H groups in total. The third-order valence-corrected chi connectivity index (χ3v) is 1.12. The molecule has 1 atom stereocenters. The van der Waals surface area contributed by atoms with E-state index in [-0.39, 0.29) is 6.10 Å². The molecule has 66 valence electrons. The number of hydrogen-bond acceptors (Lipinski definition) is 3. The minimum absolute atomic E-state index is 0.0732. The van der Waals surface area contributed by atoms with Gasteiger partial charge in [0.2, 0.25) is 0 Å². The molecular formula is C9H12O3. The third-order valence-electron chi connectivity index (χ3n) is 1.12. The van der Waals surface area contributed by atoms with Gasteiger partial charge >= 0.3 is 5.97 Å². The van der Waals surface area contributed by atoms with Crippen molar-refractivity contribution in [1.29, 1.82) is 0 Å². The van der Waals surface area contributed by atoms with Crippen molar-refractivity contribution >= 4 is 5.97 Å². The molecular weight excluding hydrogens is 156 g/mol. The summed E-state index contributed by atoms with van der Waals surface area (Å²) in [7, 11) is 1.30. The van der Waals surface area contributed by atoms with Crippen LogP contribution in [0.25, 0.3) is 0 Å². The summed E-state index contributed by atoms with van der Waals surface area (Å²) in [5, 5.41) is 0. The van der Waals surface area contributed by atoms with Gasteiger partial charge in [0.05, 0.1) is 19.4 Å². The van der Waals surface area contributed by atoms with Gasteiger partial charge in [0, 0.05) is 6.42 Å². The molecule has 3 nitrogen and oxygen atoms in total. The Kier molecular flexibility index (Phi) is 5.54. The lowest BCUT2D eigenvalue weighted by molar-refractivity contribution is -0.135. The van der Waals surface area contributed by atoms with E-state index in [0.717, 1.165) is 0 Å². The van der Waals surface area contributed by atoms with E-state index in [1.54, 1.807) is 0 Å². The normalized spacial score (nSPS) is 12.1. The van der Waals surface area contributed by atoms with Crippen molar-refractivity contribution in [1.82, 2.24) is 0 Å². The van der Waals surface area contributed by atoms with E-state index in [0.29, 0.717) is 6.42 Å². The number of hydrogen-bond donors (Lipinski definition) is 0. The molecule has 12 heavy (non-hydrogen) atoms. The lowest BCUT2D eigenvalue weighted by Crippen LogP contribution is -2.02. The second-order valence-corrected chi connectivity index (χ2v) is 2.18. The fourth-order valence-corrected chi connectivity index (χ4v) is 0.511. The zero-order valence-electron chi connectivity index (χ0n) is 7.24. The highest BCUT2D eigenvalue weighted by molar-refractivity contribution is 5.81. The van der Waals surface area contributed by atoms with Crippen LogP contribution < -0.4 is 0 Å². The topological polar surface area (TPSA) is 35.5 Å². The summed E-state index contributed by atoms with van der Waals surface area (Å²) < 4.78 is 9.38. The Morgan fingerprint density at radius 1 is 1.75 bits per heavy atom. The number of esters is 1. The first-order valence-electron chi connectivity index (χ1n) is 3.54. The van der Waals surface area contributed by atoms with Gasteiger partial charge in [0.15, 0.2) is 0 Å². The van der Waals surface area contributed by atoms with Gasteiger partial charge in [-0.05, 0) is 6.92 Å². The van der Waals surface area contributed by atoms with Gasteiger partial charge in [-0.25, -0.2) is 4.79 Å². The van der Waals surface area contributed by atoms with Gasteiger partial charge in [-0.3, -0.25) is 0 Å². The molecule has 0 radical (unpaired) electrons. The minimum atomic E-state index is -0.442. The maximum atomic E-state index is 10.5. The van der Waals surface area contributed by atoms with E-state index in [9.17, 15) is 4.79 Å². The number of rotatable bonds is 4. The lowest BCUT2D eigenvalue weighted by atomic mass is 10.3. The fourth-order valence-electron chi connectivity index (χ4n) is 0.511. The van der Waals surface area contributed by atoms with Crippen LogP contribution in [-0.2, 0) is 14.3 Å². The van der Waals surface area contributed by atoms with E-state index in [1.807, 2.05) is 6.92 Å². The van der Waals surface area contributed by atoms with Crippen molar-refractivity contribution in [2.45, 2.75) is 19.4 Å². The second-order valence-electron chi connectivity index (χ2n) is 2.18. The Morgan fingerprint density at radius 3 is 2.92 bits per heavy atom. The highest BCUT2D eigenvalue weighted by atomic mass is 16.5. The molecule has 0 amide bonds. The molecule has 0 fully saturated rings. The van der Waals surface area contributed by atoms with Crippen LogP contribution in [0.3, 0.4) is 0 Å². The molecule has 0 aromatic heterocycles. The molecule has 0 spiro atoms. The molecule has 0 aliphatic rings. The van der Waals surface area contributed by atoms with Crippen LogP contribution in [0, 0.1) is 12.3 Å². The zero-order chi connectivity index (χ0) is 9.40. The molecule has 0 aromatic rings. The number of carbonyl (C=O) groups excluding carboxylic acids is 1. The average molecular weight is 168 g/mol. The van der Waals surface area contributed by atoms with Gasteiger partial charge in [-0.2, -0.15) is 0 Å². The van der Waals surface area contributed by atoms with E-state index in [2.05, 4.69) is 10.7 Å². The van der Waals surface area contributed by atoms with E-state index in [4.69, 9.17) is 11.2 Å². The highest BCUT2D eigenvalue weighted by Crippen LogP contribution is 1.95. The van der Waals surface area contributed by atoms with Crippen molar-refractivity contribution in [2.24, 2.45) is 0 Å². The zero-order valence-corrected chi connectivity index (χ0v) is 7.24. The second kappa shape index (κ2) is 6.29. The predicted octanol–water partition coefficient (Wildman–Crippen LogP) is 1.10. The molecule has 0 aliphatic heterocycles. The van der Waals surface area contributed by atoms with Crippen LogP contribution in [0.4, 0.5) is 0 Å². The average Bonchev–Trinajstić information content (AvgIpc) is 2.04. The minimum Gasteiger partial charge on any atom is -0.497 e. The largest absolute Gasteiger partial charge is 0.497 e. The quantitative estimate of drug-likeness (QED) is 0.273. The Morgan fingerprint density at radius 2 is 2.42 bits per heavy atom.